The third-order valence-electron chi connectivity index (χ3n) is 6.11. The molecule has 0 radical (unpaired) electrons. The summed E-state index contributed by atoms with van der Waals surface area (Å²) in [5.74, 6) is -0.0138. The molecular weight excluding hydrogens is 526 g/mol. The number of aliphatic hydroxyl groups excluding tert-OH is 2. The Balaban J connectivity index is 1.61. The van der Waals surface area contributed by atoms with Gasteiger partial charge in [0.15, 0.2) is 0 Å². The molecule has 40 heavy (non-hydrogen) atoms. The van der Waals surface area contributed by atoms with Gasteiger partial charge in [-0.3, -0.25) is 19.5 Å². The fraction of sp³-hybridized carbons (Fsp3) is 0.741. The maximum Gasteiger partial charge on any atom is 0.305 e. The number of morpholine rings is 1. The van der Waals surface area contributed by atoms with Crippen LogP contribution in [0.2, 0.25) is 0 Å². The number of carbonyl (C=O) groups is 2. The summed E-state index contributed by atoms with van der Waals surface area (Å²) in [5, 5.41) is 18.7. The van der Waals surface area contributed by atoms with E-state index in [1.165, 1.54) is 7.11 Å². The van der Waals surface area contributed by atoms with Gasteiger partial charge < -0.3 is 43.5 Å². The second-order valence-corrected chi connectivity index (χ2v) is 9.05. The maximum atomic E-state index is 12.8. The van der Waals surface area contributed by atoms with Gasteiger partial charge in [0.1, 0.15) is 12.4 Å². The molecule has 1 saturated heterocycles. The fourth-order valence-electron chi connectivity index (χ4n) is 3.89. The summed E-state index contributed by atoms with van der Waals surface area (Å²) in [5.41, 5.74) is 0.759. The van der Waals surface area contributed by atoms with Gasteiger partial charge in [0, 0.05) is 44.7 Å². The highest BCUT2D eigenvalue weighted by Crippen LogP contribution is 2.15. The smallest absolute Gasteiger partial charge is 0.305 e. The Morgan fingerprint density at radius 3 is 2.15 bits per heavy atom. The topological polar surface area (TPSA) is 149 Å². The minimum absolute atomic E-state index is 0.120. The summed E-state index contributed by atoms with van der Waals surface area (Å²) in [4.78, 5) is 32.3. The van der Waals surface area contributed by atoms with Crippen LogP contribution in [0.1, 0.15) is 30.7 Å². The lowest BCUT2D eigenvalue weighted by Gasteiger charge is -2.26. The predicted molar refractivity (Wildman–Crippen MR) is 144 cm³/mol. The van der Waals surface area contributed by atoms with Crippen molar-refractivity contribution in [3.63, 3.8) is 0 Å². The van der Waals surface area contributed by atoms with Crippen LogP contribution in [0.3, 0.4) is 0 Å². The minimum atomic E-state index is -0.334. The van der Waals surface area contributed by atoms with E-state index in [2.05, 4.69) is 14.6 Å². The lowest BCUT2D eigenvalue weighted by molar-refractivity contribution is -0.141. The zero-order valence-electron chi connectivity index (χ0n) is 23.6. The van der Waals surface area contributed by atoms with E-state index in [0.717, 1.165) is 32.8 Å². The Morgan fingerprint density at radius 1 is 0.900 bits per heavy atom. The summed E-state index contributed by atoms with van der Waals surface area (Å²) in [6.45, 7) is 7.33. The Morgan fingerprint density at radius 2 is 1.52 bits per heavy atom. The van der Waals surface area contributed by atoms with Crippen molar-refractivity contribution in [2.75, 3.05) is 99.3 Å². The van der Waals surface area contributed by atoms with Gasteiger partial charge in [-0.15, -0.1) is 0 Å². The molecule has 0 atom stereocenters. The van der Waals surface area contributed by atoms with Crippen LogP contribution >= 0.6 is 0 Å². The van der Waals surface area contributed by atoms with Crippen molar-refractivity contribution in [3.05, 3.63) is 23.5 Å². The molecule has 1 aromatic rings. The van der Waals surface area contributed by atoms with Gasteiger partial charge in [0.2, 0.25) is 5.91 Å². The number of hydrogen-bond acceptors (Lipinski definition) is 12. The molecular formula is C27H45N3O10. The van der Waals surface area contributed by atoms with Gasteiger partial charge in [0.25, 0.3) is 0 Å². The number of pyridine rings is 1. The maximum absolute atomic E-state index is 12.8. The summed E-state index contributed by atoms with van der Waals surface area (Å²) in [6.07, 6.45) is 0.845. The van der Waals surface area contributed by atoms with Crippen LogP contribution in [0.25, 0.3) is 0 Å². The average molecular weight is 572 g/mol. The number of rotatable bonds is 22. The molecule has 228 valence electrons. The van der Waals surface area contributed by atoms with E-state index in [1.807, 2.05) is 0 Å². The monoisotopic (exact) mass is 571 g/mol. The molecule has 0 spiro atoms. The van der Waals surface area contributed by atoms with Crippen LogP contribution in [0, 0.1) is 0 Å². The highest BCUT2D eigenvalue weighted by molar-refractivity contribution is 5.76. The SMILES string of the molecule is COC(=O)CCCN(CCOc1cc(CO)nc(CO)c1)C(=O)CCOCCOCCOCCN1CCOCC1. The number of carbonyl (C=O) groups excluding carboxylic acids is 2. The van der Waals surface area contributed by atoms with Crippen LogP contribution in [0.15, 0.2) is 12.1 Å². The van der Waals surface area contributed by atoms with E-state index in [4.69, 9.17) is 23.7 Å². The van der Waals surface area contributed by atoms with Crippen LogP contribution in [0.5, 0.6) is 5.75 Å². The van der Waals surface area contributed by atoms with Gasteiger partial charge in [-0.2, -0.15) is 0 Å². The number of methoxy groups -OCH3 is 1. The number of amides is 1. The molecule has 13 heteroatoms. The number of esters is 1. The number of aromatic nitrogens is 1. The summed E-state index contributed by atoms with van der Waals surface area (Å²) < 4.78 is 32.4. The molecule has 0 aromatic carbocycles. The molecule has 1 fully saturated rings. The van der Waals surface area contributed by atoms with Gasteiger partial charge in [-0.05, 0) is 6.42 Å². The molecule has 0 saturated carbocycles. The lowest BCUT2D eigenvalue weighted by Crippen LogP contribution is -2.38. The molecule has 2 heterocycles. The van der Waals surface area contributed by atoms with E-state index in [9.17, 15) is 19.8 Å². The number of hydrogen-bond donors (Lipinski definition) is 2. The van der Waals surface area contributed by atoms with Crippen LogP contribution in [-0.2, 0) is 46.5 Å². The molecule has 0 bridgehead atoms. The van der Waals surface area contributed by atoms with Gasteiger partial charge >= 0.3 is 5.97 Å². The zero-order chi connectivity index (χ0) is 28.8. The first-order valence-electron chi connectivity index (χ1n) is 13.8. The van der Waals surface area contributed by atoms with Crippen LogP contribution in [-0.4, -0.2) is 136 Å². The predicted octanol–water partition coefficient (Wildman–Crippen LogP) is -0.00110. The molecule has 1 aliphatic rings. The normalized spacial score (nSPS) is 13.8. The molecule has 13 nitrogen and oxygen atoms in total. The van der Waals surface area contributed by atoms with Crippen LogP contribution in [0.4, 0.5) is 0 Å². The Labute approximate surface area is 236 Å². The summed E-state index contributed by atoms with van der Waals surface area (Å²) in [7, 11) is 1.33. The van der Waals surface area contributed by atoms with Crippen molar-refractivity contribution in [2.45, 2.75) is 32.5 Å². The van der Waals surface area contributed by atoms with E-state index in [-0.39, 0.29) is 51.1 Å². The van der Waals surface area contributed by atoms with E-state index >= 15 is 0 Å². The minimum Gasteiger partial charge on any atom is -0.492 e. The van der Waals surface area contributed by atoms with E-state index < -0.39 is 0 Å². The number of nitrogens with zero attached hydrogens (tertiary/aromatic N) is 3. The van der Waals surface area contributed by atoms with E-state index in [1.54, 1.807) is 17.0 Å². The van der Waals surface area contributed by atoms with Gasteiger partial charge in [-0.25, -0.2) is 0 Å². The third-order valence-corrected chi connectivity index (χ3v) is 6.11. The first-order valence-corrected chi connectivity index (χ1v) is 13.8. The van der Waals surface area contributed by atoms with Crippen molar-refractivity contribution >= 4 is 11.9 Å². The van der Waals surface area contributed by atoms with Crippen molar-refractivity contribution in [3.8, 4) is 5.75 Å². The molecule has 2 N–H and O–H groups in total. The zero-order valence-corrected chi connectivity index (χ0v) is 23.6. The lowest BCUT2D eigenvalue weighted by atomic mass is 10.2. The quantitative estimate of drug-likeness (QED) is 0.142. The van der Waals surface area contributed by atoms with E-state index in [0.29, 0.717) is 69.7 Å². The summed E-state index contributed by atoms with van der Waals surface area (Å²) in [6, 6.07) is 3.16. The van der Waals surface area contributed by atoms with Crippen molar-refractivity contribution in [1.29, 1.82) is 0 Å². The third kappa shape index (κ3) is 14.8. The molecule has 1 aliphatic heterocycles. The average Bonchev–Trinajstić information content (AvgIpc) is 2.99. The van der Waals surface area contributed by atoms with Crippen molar-refractivity contribution < 1.29 is 48.2 Å². The fourth-order valence-corrected chi connectivity index (χ4v) is 3.89. The van der Waals surface area contributed by atoms with Crippen molar-refractivity contribution in [2.24, 2.45) is 0 Å². The van der Waals surface area contributed by atoms with Crippen LogP contribution < -0.4 is 4.74 Å². The number of ether oxygens (including phenoxy) is 6. The standard InChI is InChI=1S/C27H45N3O10/c1-35-27(34)3-2-5-30(9-14-40-25-19-23(21-31)28-24(20-25)22-32)26(33)4-10-36-15-17-39-18-16-38-13-8-29-6-11-37-12-7-29/h19-20,31-32H,2-18,21-22H2,1H3. The number of aliphatic hydroxyl groups is 2. The summed E-state index contributed by atoms with van der Waals surface area (Å²) >= 11 is 0. The second-order valence-electron chi connectivity index (χ2n) is 9.05. The molecule has 2 rings (SSSR count). The molecule has 1 amide bonds. The van der Waals surface area contributed by atoms with Gasteiger partial charge in [-0.1, -0.05) is 0 Å². The Hall–Kier alpha value is -2.39. The highest BCUT2D eigenvalue weighted by Gasteiger charge is 2.15. The Kier molecular flexibility index (Phi) is 18.1. The second kappa shape index (κ2) is 21.4. The molecule has 0 aliphatic carbocycles. The van der Waals surface area contributed by atoms with Crippen molar-refractivity contribution in [1.82, 2.24) is 14.8 Å². The first kappa shape index (κ1) is 33.8. The largest absolute Gasteiger partial charge is 0.492 e. The highest BCUT2D eigenvalue weighted by atomic mass is 16.5. The Bertz CT molecular complexity index is 817. The molecule has 1 aromatic heterocycles. The first-order chi connectivity index (χ1) is 19.5. The van der Waals surface area contributed by atoms with Gasteiger partial charge in [0.05, 0.1) is 97.5 Å². The molecule has 0 unspecified atom stereocenters.